The number of ether oxygens (including phenoxy) is 1. The van der Waals surface area contributed by atoms with Gasteiger partial charge in [0.05, 0.1) is 13.2 Å². The highest BCUT2D eigenvalue weighted by Gasteiger charge is 2.14. The lowest BCUT2D eigenvalue weighted by Crippen LogP contribution is -2.38. The first kappa shape index (κ1) is 19.5. The van der Waals surface area contributed by atoms with Crippen LogP contribution in [-0.4, -0.2) is 43.0 Å². The molecule has 1 unspecified atom stereocenters. The van der Waals surface area contributed by atoms with Crippen LogP contribution in [0, 0.1) is 12.3 Å². The third-order valence-electron chi connectivity index (χ3n) is 3.22. The minimum atomic E-state index is -0.670. The standard InChI is InChI=1S/C19H24N2O3/c1-5-13-21(4)14-17-9-7-16(8-10-17)11-12-18(22)20-15(3)19(23)24-6-2/h1,7-12,15H,6,13-14H2,2-4H3,(H,20,22). The Morgan fingerprint density at radius 1 is 1.38 bits per heavy atom. The van der Waals surface area contributed by atoms with Gasteiger partial charge in [-0.2, -0.15) is 0 Å². The number of hydrogen-bond donors (Lipinski definition) is 1. The van der Waals surface area contributed by atoms with E-state index < -0.39 is 12.0 Å². The first-order chi connectivity index (χ1) is 11.5. The Balaban J connectivity index is 2.53. The summed E-state index contributed by atoms with van der Waals surface area (Å²) in [6.45, 7) is 4.97. The summed E-state index contributed by atoms with van der Waals surface area (Å²) in [5.41, 5.74) is 2.04. The maximum atomic E-state index is 11.8. The van der Waals surface area contributed by atoms with Gasteiger partial charge in [0.25, 0.3) is 0 Å². The zero-order valence-electron chi connectivity index (χ0n) is 14.4. The van der Waals surface area contributed by atoms with E-state index in [1.807, 2.05) is 36.2 Å². The van der Waals surface area contributed by atoms with E-state index in [1.54, 1.807) is 19.9 Å². The number of nitrogens with one attached hydrogen (secondary N) is 1. The molecule has 128 valence electrons. The second-order valence-corrected chi connectivity index (χ2v) is 5.43. The number of carbonyl (C=O) groups excluding carboxylic acids is 2. The predicted octanol–water partition coefficient (Wildman–Crippen LogP) is 1.83. The van der Waals surface area contributed by atoms with E-state index in [0.29, 0.717) is 6.54 Å². The van der Waals surface area contributed by atoms with Crippen LogP contribution in [0.1, 0.15) is 25.0 Å². The second-order valence-electron chi connectivity index (χ2n) is 5.43. The van der Waals surface area contributed by atoms with Gasteiger partial charge in [0.2, 0.25) is 5.91 Å². The van der Waals surface area contributed by atoms with E-state index >= 15 is 0 Å². The molecular formula is C19H24N2O3. The van der Waals surface area contributed by atoms with Crippen molar-refractivity contribution >= 4 is 18.0 Å². The van der Waals surface area contributed by atoms with Crippen molar-refractivity contribution < 1.29 is 14.3 Å². The van der Waals surface area contributed by atoms with Gasteiger partial charge >= 0.3 is 5.97 Å². The molecule has 0 spiro atoms. The summed E-state index contributed by atoms with van der Waals surface area (Å²) in [6.07, 6.45) is 8.37. The summed E-state index contributed by atoms with van der Waals surface area (Å²) in [4.78, 5) is 25.3. The van der Waals surface area contributed by atoms with Crippen LogP contribution in [0.15, 0.2) is 30.3 Å². The van der Waals surface area contributed by atoms with Crippen LogP contribution in [0.2, 0.25) is 0 Å². The smallest absolute Gasteiger partial charge is 0.328 e. The van der Waals surface area contributed by atoms with Crippen molar-refractivity contribution in [1.29, 1.82) is 0 Å². The van der Waals surface area contributed by atoms with E-state index in [9.17, 15) is 9.59 Å². The third-order valence-corrected chi connectivity index (χ3v) is 3.22. The molecule has 0 fully saturated rings. The Hall–Kier alpha value is -2.58. The molecule has 5 nitrogen and oxygen atoms in total. The molecule has 1 amide bonds. The van der Waals surface area contributed by atoms with Gasteiger partial charge in [0, 0.05) is 12.6 Å². The van der Waals surface area contributed by atoms with Crippen molar-refractivity contribution in [1.82, 2.24) is 10.2 Å². The minimum absolute atomic E-state index is 0.289. The van der Waals surface area contributed by atoms with Gasteiger partial charge in [-0.15, -0.1) is 6.42 Å². The molecule has 0 radical (unpaired) electrons. The molecular weight excluding hydrogens is 304 g/mol. The van der Waals surface area contributed by atoms with Crippen LogP contribution in [0.4, 0.5) is 0 Å². The summed E-state index contributed by atoms with van der Waals surface area (Å²) in [7, 11) is 1.96. The van der Waals surface area contributed by atoms with Gasteiger partial charge in [-0.1, -0.05) is 30.2 Å². The highest BCUT2D eigenvalue weighted by molar-refractivity contribution is 5.94. The summed E-state index contributed by atoms with van der Waals surface area (Å²) in [5.74, 6) is 1.82. The van der Waals surface area contributed by atoms with Gasteiger partial charge in [-0.05, 0) is 38.1 Å². The molecule has 0 bridgehead atoms. The van der Waals surface area contributed by atoms with Crippen LogP contribution >= 0.6 is 0 Å². The molecule has 1 aromatic rings. The molecule has 0 aliphatic carbocycles. The number of benzene rings is 1. The molecule has 0 saturated heterocycles. The SMILES string of the molecule is C#CCN(C)Cc1ccc(C=CC(=O)NC(C)C(=O)OCC)cc1. The maximum Gasteiger partial charge on any atom is 0.328 e. The van der Waals surface area contributed by atoms with E-state index in [4.69, 9.17) is 11.2 Å². The minimum Gasteiger partial charge on any atom is -0.464 e. The van der Waals surface area contributed by atoms with Crippen LogP contribution in [0.5, 0.6) is 0 Å². The molecule has 1 rings (SSSR count). The molecule has 1 atom stereocenters. The molecule has 1 aromatic carbocycles. The molecule has 0 aliphatic heterocycles. The Morgan fingerprint density at radius 2 is 2.04 bits per heavy atom. The summed E-state index contributed by atoms with van der Waals surface area (Å²) >= 11 is 0. The van der Waals surface area contributed by atoms with Crippen molar-refractivity contribution in [3.63, 3.8) is 0 Å². The third kappa shape index (κ3) is 7.12. The van der Waals surface area contributed by atoms with Gasteiger partial charge in [0.15, 0.2) is 0 Å². The Kier molecular flexibility index (Phi) is 8.31. The van der Waals surface area contributed by atoms with Crippen molar-refractivity contribution in [3.05, 3.63) is 41.5 Å². The second kappa shape index (κ2) is 10.2. The van der Waals surface area contributed by atoms with E-state index in [1.165, 1.54) is 6.08 Å². The number of rotatable bonds is 8. The van der Waals surface area contributed by atoms with Crippen molar-refractivity contribution in [2.75, 3.05) is 20.2 Å². The molecule has 1 N–H and O–H groups in total. The van der Waals surface area contributed by atoms with Crippen LogP contribution in [0.25, 0.3) is 6.08 Å². The zero-order chi connectivity index (χ0) is 17.9. The van der Waals surface area contributed by atoms with Crippen molar-refractivity contribution in [2.45, 2.75) is 26.4 Å². The molecule has 0 heterocycles. The quantitative estimate of drug-likeness (QED) is 0.449. The average Bonchev–Trinajstić information content (AvgIpc) is 2.54. The number of hydrogen-bond acceptors (Lipinski definition) is 4. The number of nitrogens with zero attached hydrogens (tertiary/aromatic N) is 1. The van der Waals surface area contributed by atoms with Crippen LogP contribution in [0.3, 0.4) is 0 Å². The summed E-state index contributed by atoms with van der Waals surface area (Å²) in [6, 6.07) is 7.17. The van der Waals surface area contributed by atoms with Gasteiger partial charge in [-0.25, -0.2) is 4.79 Å². The van der Waals surface area contributed by atoms with Crippen LogP contribution < -0.4 is 5.32 Å². The molecule has 5 heteroatoms. The number of terminal acetylenes is 1. The number of amides is 1. The predicted molar refractivity (Wildman–Crippen MR) is 94.9 cm³/mol. The first-order valence-electron chi connectivity index (χ1n) is 7.82. The van der Waals surface area contributed by atoms with Gasteiger partial charge < -0.3 is 10.1 Å². The fraction of sp³-hybridized carbons (Fsp3) is 0.368. The lowest BCUT2D eigenvalue weighted by molar-refractivity contribution is -0.146. The molecule has 0 saturated carbocycles. The van der Waals surface area contributed by atoms with Crippen molar-refractivity contribution in [3.8, 4) is 12.3 Å². The molecule has 0 aliphatic rings. The summed E-state index contributed by atoms with van der Waals surface area (Å²) in [5, 5.41) is 2.56. The summed E-state index contributed by atoms with van der Waals surface area (Å²) < 4.78 is 4.84. The topological polar surface area (TPSA) is 58.6 Å². The lowest BCUT2D eigenvalue weighted by atomic mass is 10.1. The van der Waals surface area contributed by atoms with E-state index in [-0.39, 0.29) is 12.5 Å². The largest absolute Gasteiger partial charge is 0.464 e. The van der Waals surface area contributed by atoms with E-state index in [0.717, 1.165) is 17.7 Å². The van der Waals surface area contributed by atoms with Gasteiger partial charge in [-0.3, -0.25) is 9.69 Å². The highest BCUT2D eigenvalue weighted by Crippen LogP contribution is 2.08. The molecule has 0 aromatic heterocycles. The Bertz CT molecular complexity index is 614. The van der Waals surface area contributed by atoms with Crippen molar-refractivity contribution in [2.24, 2.45) is 0 Å². The maximum absolute atomic E-state index is 11.8. The van der Waals surface area contributed by atoms with E-state index in [2.05, 4.69) is 11.2 Å². The monoisotopic (exact) mass is 328 g/mol. The number of esters is 1. The zero-order valence-corrected chi connectivity index (χ0v) is 14.4. The van der Waals surface area contributed by atoms with Crippen LogP contribution in [-0.2, 0) is 20.9 Å². The molecule has 24 heavy (non-hydrogen) atoms. The Morgan fingerprint density at radius 3 is 2.62 bits per heavy atom. The highest BCUT2D eigenvalue weighted by atomic mass is 16.5. The van der Waals surface area contributed by atoms with Gasteiger partial charge in [0.1, 0.15) is 6.04 Å². The average molecular weight is 328 g/mol. The first-order valence-corrected chi connectivity index (χ1v) is 7.82. The fourth-order valence-corrected chi connectivity index (χ4v) is 2.02. The normalized spacial score (nSPS) is 12.0. The lowest BCUT2D eigenvalue weighted by Gasteiger charge is -2.13. The number of carbonyl (C=O) groups is 2. The Labute approximate surface area is 143 Å². The fourth-order valence-electron chi connectivity index (χ4n) is 2.02.